The summed E-state index contributed by atoms with van der Waals surface area (Å²) >= 11 is 0. The van der Waals surface area contributed by atoms with Crippen LogP contribution in [-0.4, -0.2) is 101 Å². The van der Waals surface area contributed by atoms with Gasteiger partial charge in [0.1, 0.15) is 30.8 Å². The summed E-state index contributed by atoms with van der Waals surface area (Å²) in [5.74, 6) is -2.73. The molecule has 10 nitrogen and oxygen atoms in total. The summed E-state index contributed by atoms with van der Waals surface area (Å²) in [6.07, 6.45) is -0.581. The number of hydrogen-bond donors (Lipinski definition) is 3. The second-order valence-corrected chi connectivity index (χ2v) is 9.89. The van der Waals surface area contributed by atoms with E-state index in [1.54, 1.807) is 0 Å². The highest BCUT2D eigenvalue weighted by molar-refractivity contribution is 6.27. The van der Waals surface area contributed by atoms with Crippen molar-refractivity contribution in [2.75, 3.05) is 52.5 Å². The molecule has 0 radical (unpaired) electrons. The van der Waals surface area contributed by atoms with E-state index in [2.05, 4.69) is 58.3 Å². The molecule has 1 saturated heterocycles. The van der Waals surface area contributed by atoms with E-state index in [0.29, 0.717) is 13.2 Å². The topological polar surface area (TPSA) is 132 Å². The van der Waals surface area contributed by atoms with Crippen molar-refractivity contribution in [2.45, 2.75) is 13.0 Å². The van der Waals surface area contributed by atoms with Gasteiger partial charge in [-0.25, -0.2) is 9.59 Å². The lowest BCUT2D eigenvalue weighted by Gasteiger charge is -2.35. The number of piperazine rings is 1. The quantitative estimate of drug-likeness (QED) is 0.208. The number of aliphatic carboxylic acids is 2. The van der Waals surface area contributed by atoms with E-state index in [1.807, 2.05) is 36.4 Å². The summed E-state index contributed by atoms with van der Waals surface area (Å²) in [4.78, 5) is 28.5. The average Bonchev–Trinajstić information content (AvgIpc) is 3.29. The number of fused-ring (bicyclic) bond motifs is 3. The molecule has 0 bridgehead atoms. The van der Waals surface area contributed by atoms with Crippen molar-refractivity contribution >= 4 is 17.7 Å². The van der Waals surface area contributed by atoms with Gasteiger partial charge in [-0.05, 0) is 30.2 Å². The van der Waals surface area contributed by atoms with Crippen LogP contribution < -0.4 is 4.74 Å². The molecule has 0 spiro atoms. The Labute approximate surface area is 239 Å². The molecule has 0 amide bonds. The number of rotatable bonds is 9. The molecule has 2 aliphatic rings. The zero-order valence-electron chi connectivity index (χ0n) is 23.0. The fraction of sp³-hybridized carbons (Fsp3) is 0.323. The summed E-state index contributed by atoms with van der Waals surface area (Å²) < 4.78 is 5.86. The molecule has 0 aromatic heterocycles. The van der Waals surface area contributed by atoms with Crippen LogP contribution >= 0.6 is 0 Å². The number of ether oxygens (including phenoxy) is 1. The number of aryl methyl sites for hydroxylation is 1. The van der Waals surface area contributed by atoms with Crippen LogP contribution in [0.3, 0.4) is 0 Å². The summed E-state index contributed by atoms with van der Waals surface area (Å²) in [6, 6.07) is 24.7. The molecule has 3 N–H and O–H groups in total. The fourth-order valence-electron chi connectivity index (χ4n) is 4.75. The Morgan fingerprint density at radius 1 is 0.805 bits per heavy atom. The molecule has 10 heteroatoms. The number of aliphatic hydroxyl groups excluding tert-OH is 1. The van der Waals surface area contributed by atoms with E-state index in [-0.39, 0.29) is 6.61 Å². The molecule has 0 saturated carbocycles. The Kier molecular flexibility index (Phi) is 10.4. The van der Waals surface area contributed by atoms with Crippen molar-refractivity contribution in [2.24, 2.45) is 5.16 Å². The Bertz CT molecular complexity index is 1290. The lowest BCUT2D eigenvalue weighted by Crippen LogP contribution is -2.49. The van der Waals surface area contributed by atoms with Crippen molar-refractivity contribution in [3.8, 4) is 16.9 Å². The Balaban J connectivity index is 0.000000585. The van der Waals surface area contributed by atoms with Gasteiger partial charge in [-0.1, -0.05) is 71.4 Å². The number of carbonyl (C=O) groups is 2. The average molecular weight is 562 g/mol. The summed E-state index contributed by atoms with van der Waals surface area (Å²) in [7, 11) is 0. The van der Waals surface area contributed by atoms with Gasteiger partial charge in [0.25, 0.3) is 0 Å². The normalized spacial score (nSPS) is 15.1. The molecule has 1 atom stereocenters. The first-order valence-corrected chi connectivity index (χ1v) is 13.5. The van der Waals surface area contributed by atoms with Gasteiger partial charge in [-0.3, -0.25) is 9.80 Å². The molecule has 3 aromatic rings. The van der Waals surface area contributed by atoms with E-state index < -0.39 is 18.0 Å². The maximum absolute atomic E-state index is 10.5. The number of nitrogens with zero attached hydrogens (tertiary/aromatic N) is 3. The predicted molar refractivity (Wildman–Crippen MR) is 154 cm³/mol. The summed E-state index contributed by atoms with van der Waals surface area (Å²) in [5, 5.41) is 29.8. The number of oxime groups is 1. The first kappa shape index (κ1) is 29.7. The first-order chi connectivity index (χ1) is 19.8. The molecule has 1 heterocycles. The lowest BCUT2D eigenvalue weighted by molar-refractivity contribution is -0.159. The van der Waals surface area contributed by atoms with E-state index in [1.165, 1.54) is 16.7 Å². The molecule has 5 rings (SSSR count). The van der Waals surface area contributed by atoms with Crippen molar-refractivity contribution in [1.29, 1.82) is 0 Å². The largest absolute Gasteiger partial charge is 0.492 e. The highest BCUT2D eigenvalue weighted by Crippen LogP contribution is 2.36. The van der Waals surface area contributed by atoms with Crippen molar-refractivity contribution in [3.05, 3.63) is 89.5 Å². The smallest absolute Gasteiger partial charge is 0.414 e. The summed E-state index contributed by atoms with van der Waals surface area (Å²) in [6.45, 7) is 8.24. The second kappa shape index (κ2) is 14.4. The van der Waals surface area contributed by atoms with Gasteiger partial charge in [0.2, 0.25) is 0 Å². The minimum Gasteiger partial charge on any atom is -0.492 e. The first-order valence-electron chi connectivity index (χ1n) is 13.5. The molecule has 1 aliphatic carbocycles. The Morgan fingerprint density at radius 2 is 1.32 bits per heavy atom. The zero-order chi connectivity index (χ0) is 29.2. The molecular formula is C31H35N3O7. The number of benzene rings is 3. The third-order valence-electron chi connectivity index (χ3n) is 6.89. The van der Waals surface area contributed by atoms with Crippen LogP contribution in [0.25, 0.3) is 11.1 Å². The highest BCUT2D eigenvalue weighted by atomic mass is 16.6. The van der Waals surface area contributed by atoms with Gasteiger partial charge in [-0.15, -0.1) is 0 Å². The number of aliphatic hydroxyl groups is 1. The predicted octanol–water partition coefficient (Wildman–Crippen LogP) is 2.96. The van der Waals surface area contributed by atoms with Crippen molar-refractivity contribution < 1.29 is 34.5 Å². The van der Waals surface area contributed by atoms with Crippen LogP contribution in [0.1, 0.15) is 16.7 Å². The monoisotopic (exact) mass is 561 g/mol. The van der Waals surface area contributed by atoms with Crippen LogP contribution in [0.2, 0.25) is 0 Å². The van der Waals surface area contributed by atoms with Crippen LogP contribution in [0, 0.1) is 6.92 Å². The zero-order valence-corrected chi connectivity index (χ0v) is 23.0. The van der Waals surface area contributed by atoms with Crippen LogP contribution in [0.15, 0.2) is 78.0 Å². The van der Waals surface area contributed by atoms with E-state index >= 15 is 0 Å². The van der Waals surface area contributed by atoms with Crippen molar-refractivity contribution in [3.63, 3.8) is 0 Å². The summed E-state index contributed by atoms with van der Waals surface area (Å²) in [5.41, 5.74) is 6.57. The van der Waals surface area contributed by atoms with Crippen LogP contribution in [-0.2, 0) is 14.4 Å². The van der Waals surface area contributed by atoms with Crippen LogP contribution in [0.5, 0.6) is 5.75 Å². The molecule has 1 fully saturated rings. The highest BCUT2D eigenvalue weighted by Gasteiger charge is 2.25. The maximum Gasteiger partial charge on any atom is 0.414 e. The van der Waals surface area contributed by atoms with Crippen molar-refractivity contribution in [1.82, 2.24) is 9.80 Å². The van der Waals surface area contributed by atoms with Gasteiger partial charge in [0.05, 0.1) is 0 Å². The number of carboxylic acid groups (broad SMARTS) is 2. The number of β-amino-alcohol motifs (C(OH)–C–C–N with tert-alkyl or cyclic N) is 1. The molecule has 216 valence electrons. The molecule has 3 aromatic carbocycles. The minimum absolute atomic E-state index is 0.179. The van der Waals surface area contributed by atoms with Gasteiger partial charge in [0.15, 0.2) is 0 Å². The standard InChI is InChI=1S/C29H33N3O3.C2H2O4/c1-22-10-12-24(13-11-22)34-19-18-31-14-16-32(17-15-31)20-23(33)21-35-30-29-27-8-4-2-6-25(27)26-7-3-5-9-28(26)29;3-1(4)2(5)6/h2-13,23,33H,14-21H2,1H3;(H,3,4)(H,5,6). The van der Waals surface area contributed by atoms with Gasteiger partial charge >= 0.3 is 11.9 Å². The molecule has 1 aliphatic heterocycles. The molecule has 1 unspecified atom stereocenters. The maximum atomic E-state index is 10.5. The van der Waals surface area contributed by atoms with E-state index in [0.717, 1.165) is 55.3 Å². The SMILES string of the molecule is Cc1ccc(OCCN2CCN(CC(O)CON=C3c4ccccc4-c4ccccc43)CC2)cc1.O=C(O)C(=O)O. The van der Waals surface area contributed by atoms with Crippen LogP contribution in [0.4, 0.5) is 0 Å². The molecule has 41 heavy (non-hydrogen) atoms. The second-order valence-electron chi connectivity index (χ2n) is 9.89. The van der Waals surface area contributed by atoms with E-state index in [4.69, 9.17) is 29.4 Å². The third kappa shape index (κ3) is 8.37. The van der Waals surface area contributed by atoms with Gasteiger partial charge in [0, 0.05) is 50.4 Å². The van der Waals surface area contributed by atoms with Gasteiger partial charge < -0.3 is 24.9 Å². The third-order valence-corrected chi connectivity index (χ3v) is 6.89. The minimum atomic E-state index is -1.82. The Hall–Kier alpha value is -4.25. The molecular weight excluding hydrogens is 526 g/mol. The van der Waals surface area contributed by atoms with Gasteiger partial charge in [-0.2, -0.15) is 0 Å². The fourth-order valence-corrected chi connectivity index (χ4v) is 4.75. The lowest BCUT2D eigenvalue weighted by atomic mass is 10.1. The van der Waals surface area contributed by atoms with E-state index in [9.17, 15) is 5.11 Å². The number of carboxylic acids is 2. The Morgan fingerprint density at radius 3 is 1.85 bits per heavy atom. The number of hydrogen-bond acceptors (Lipinski definition) is 8.